The van der Waals surface area contributed by atoms with Crippen molar-refractivity contribution >= 4 is 5.97 Å². The Morgan fingerprint density at radius 1 is 1.07 bits per heavy atom. The predicted octanol–water partition coefficient (Wildman–Crippen LogP) is 2.16. The summed E-state index contributed by atoms with van der Waals surface area (Å²) in [6, 6.07) is 0. The molecule has 0 aromatic rings. The first-order chi connectivity index (χ1) is 7.13. The smallest absolute Gasteiger partial charge is 0.323 e. The van der Waals surface area contributed by atoms with Crippen molar-refractivity contribution in [3.8, 4) is 0 Å². The minimum Gasteiger partial charge on any atom is -0.480 e. The van der Waals surface area contributed by atoms with Crippen LogP contribution in [0.15, 0.2) is 0 Å². The van der Waals surface area contributed by atoms with Crippen LogP contribution in [0.1, 0.15) is 51.4 Å². The van der Waals surface area contributed by atoms with Crippen LogP contribution in [0.2, 0.25) is 0 Å². The van der Waals surface area contributed by atoms with Gasteiger partial charge < -0.3 is 10.4 Å². The van der Waals surface area contributed by atoms with Gasteiger partial charge in [-0.25, -0.2) is 0 Å². The summed E-state index contributed by atoms with van der Waals surface area (Å²) < 4.78 is 0. The van der Waals surface area contributed by atoms with Crippen LogP contribution >= 0.6 is 0 Å². The summed E-state index contributed by atoms with van der Waals surface area (Å²) in [5, 5.41) is 12.3. The summed E-state index contributed by atoms with van der Waals surface area (Å²) >= 11 is 0. The van der Waals surface area contributed by atoms with Gasteiger partial charge in [0.25, 0.3) is 0 Å². The molecule has 0 aromatic carbocycles. The van der Waals surface area contributed by atoms with Crippen LogP contribution in [0, 0.1) is 5.41 Å². The third-order valence-corrected chi connectivity index (χ3v) is 4.72. The molecule has 0 aromatic heterocycles. The minimum atomic E-state index is -0.669. The summed E-state index contributed by atoms with van der Waals surface area (Å²) in [6.07, 6.45) is 9.15. The molecule has 3 nitrogen and oxygen atoms in total. The van der Waals surface area contributed by atoms with Crippen molar-refractivity contribution in [2.75, 3.05) is 7.05 Å². The zero-order valence-corrected chi connectivity index (χ0v) is 9.51. The second-order valence-electron chi connectivity index (χ2n) is 5.34. The summed E-state index contributed by atoms with van der Waals surface area (Å²) in [7, 11) is 1.78. The quantitative estimate of drug-likeness (QED) is 0.736. The lowest BCUT2D eigenvalue weighted by molar-refractivity contribution is -0.147. The highest BCUT2D eigenvalue weighted by Crippen LogP contribution is 2.51. The predicted molar refractivity (Wildman–Crippen MR) is 58.8 cm³/mol. The molecule has 0 atom stereocenters. The first-order valence-electron chi connectivity index (χ1n) is 6.05. The monoisotopic (exact) mass is 211 g/mol. The third-order valence-electron chi connectivity index (χ3n) is 4.72. The van der Waals surface area contributed by atoms with Gasteiger partial charge in [-0.3, -0.25) is 4.79 Å². The molecule has 2 rings (SSSR count). The number of carboxylic acids is 1. The molecule has 0 heterocycles. The second kappa shape index (κ2) is 3.78. The van der Waals surface area contributed by atoms with Crippen molar-refractivity contribution in [3.05, 3.63) is 0 Å². The maximum atomic E-state index is 11.2. The Kier molecular flexibility index (Phi) is 2.75. The molecule has 2 aliphatic rings. The molecule has 0 saturated heterocycles. The lowest BCUT2D eigenvalue weighted by Gasteiger charge is -2.42. The van der Waals surface area contributed by atoms with Crippen LogP contribution in [0.3, 0.4) is 0 Å². The van der Waals surface area contributed by atoms with Crippen LogP contribution in [0.5, 0.6) is 0 Å². The van der Waals surface area contributed by atoms with Gasteiger partial charge in [-0.15, -0.1) is 0 Å². The second-order valence-corrected chi connectivity index (χ2v) is 5.34. The van der Waals surface area contributed by atoms with Gasteiger partial charge in [-0.05, 0) is 51.0 Å². The largest absolute Gasteiger partial charge is 0.480 e. The van der Waals surface area contributed by atoms with E-state index in [2.05, 4.69) is 5.32 Å². The van der Waals surface area contributed by atoms with Crippen molar-refractivity contribution in [1.29, 1.82) is 0 Å². The maximum absolute atomic E-state index is 11.2. The topological polar surface area (TPSA) is 49.3 Å². The molecule has 3 heteroatoms. The van der Waals surface area contributed by atoms with E-state index in [1.807, 2.05) is 0 Å². The molecule has 0 unspecified atom stereocenters. The highest BCUT2D eigenvalue weighted by molar-refractivity contribution is 5.78. The van der Waals surface area contributed by atoms with E-state index < -0.39 is 11.5 Å². The molecule has 0 radical (unpaired) electrons. The fourth-order valence-electron chi connectivity index (χ4n) is 3.40. The fourth-order valence-corrected chi connectivity index (χ4v) is 3.40. The molecule has 86 valence electrons. The summed E-state index contributed by atoms with van der Waals surface area (Å²) in [6.45, 7) is 0. The van der Waals surface area contributed by atoms with E-state index in [1.54, 1.807) is 7.05 Å². The Labute approximate surface area is 91.2 Å². The van der Waals surface area contributed by atoms with Gasteiger partial charge in [0.15, 0.2) is 0 Å². The molecule has 2 aliphatic carbocycles. The number of hydrogen-bond acceptors (Lipinski definition) is 2. The Morgan fingerprint density at radius 3 is 2.00 bits per heavy atom. The molecular formula is C12H21NO2. The minimum absolute atomic E-state index is 0.510. The van der Waals surface area contributed by atoms with Gasteiger partial charge >= 0.3 is 5.97 Å². The lowest BCUT2D eigenvalue weighted by Crippen LogP contribution is -2.53. The van der Waals surface area contributed by atoms with Crippen LogP contribution in [0.4, 0.5) is 0 Å². The lowest BCUT2D eigenvalue weighted by atomic mass is 9.66. The average Bonchev–Trinajstić information content (AvgIpc) is 2.68. The zero-order chi connectivity index (χ0) is 10.9. The summed E-state index contributed by atoms with van der Waals surface area (Å²) in [5.41, 5.74) is -0.121. The average molecular weight is 211 g/mol. The molecule has 0 bridgehead atoms. The summed E-state index contributed by atoms with van der Waals surface area (Å²) in [4.78, 5) is 11.2. The van der Waals surface area contributed by atoms with E-state index in [1.165, 1.54) is 25.7 Å². The molecular weight excluding hydrogens is 190 g/mol. The molecule has 2 fully saturated rings. The highest BCUT2D eigenvalue weighted by Gasteiger charge is 2.46. The molecule has 0 amide bonds. The molecule has 2 saturated carbocycles. The number of aliphatic carboxylic acids is 1. The van der Waals surface area contributed by atoms with Crippen molar-refractivity contribution in [1.82, 2.24) is 5.32 Å². The van der Waals surface area contributed by atoms with E-state index in [-0.39, 0.29) is 0 Å². The van der Waals surface area contributed by atoms with Gasteiger partial charge in [0, 0.05) is 0 Å². The first-order valence-corrected chi connectivity index (χ1v) is 6.05. The Bertz CT molecular complexity index is 246. The van der Waals surface area contributed by atoms with E-state index in [0.717, 1.165) is 25.7 Å². The molecule has 1 spiro atoms. The standard InChI is InChI=1S/C12H21NO2/c1-13-12(10(14)15)8-6-11(7-9-12)4-2-3-5-11/h13H,2-9H2,1H3,(H,14,15). The molecule has 15 heavy (non-hydrogen) atoms. The highest BCUT2D eigenvalue weighted by atomic mass is 16.4. The Balaban J connectivity index is 2.04. The van der Waals surface area contributed by atoms with E-state index in [4.69, 9.17) is 0 Å². The number of rotatable bonds is 2. The number of likely N-dealkylation sites (N-methyl/N-ethyl adjacent to an activating group) is 1. The fraction of sp³-hybridized carbons (Fsp3) is 0.917. The van der Waals surface area contributed by atoms with Gasteiger partial charge in [-0.2, -0.15) is 0 Å². The van der Waals surface area contributed by atoms with Crippen molar-refractivity contribution in [2.45, 2.75) is 56.9 Å². The van der Waals surface area contributed by atoms with Gasteiger partial charge in [-0.1, -0.05) is 12.8 Å². The van der Waals surface area contributed by atoms with Crippen LogP contribution < -0.4 is 5.32 Å². The van der Waals surface area contributed by atoms with Gasteiger partial charge in [0.05, 0.1) is 0 Å². The van der Waals surface area contributed by atoms with E-state index in [9.17, 15) is 9.90 Å². The molecule has 2 N–H and O–H groups in total. The van der Waals surface area contributed by atoms with Crippen molar-refractivity contribution in [2.24, 2.45) is 5.41 Å². The van der Waals surface area contributed by atoms with Crippen LogP contribution in [0.25, 0.3) is 0 Å². The van der Waals surface area contributed by atoms with Crippen LogP contribution in [-0.4, -0.2) is 23.7 Å². The SMILES string of the molecule is CNC1(C(=O)O)CCC2(CCCC2)CC1. The van der Waals surface area contributed by atoms with E-state index >= 15 is 0 Å². The first kappa shape index (κ1) is 10.9. The zero-order valence-electron chi connectivity index (χ0n) is 9.51. The third kappa shape index (κ3) is 1.78. The normalized spacial score (nSPS) is 28.1. The number of hydrogen-bond donors (Lipinski definition) is 2. The maximum Gasteiger partial charge on any atom is 0.323 e. The molecule has 0 aliphatic heterocycles. The van der Waals surface area contributed by atoms with Crippen molar-refractivity contribution in [3.63, 3.8) is 0 Å². The number of nitrogens with one attached hydrogen (secondary N) is 1. The Hall–Kier alpha value is -0.570. The number of carbonyl (C=O) groups is 1. The Morgan fingerprint density at radius 2 is 1.60 bits per heavy atom. The van der Waals surface area contributed by atoms with Crippen LogP contribution in [-0.2, 0) is 4.79 Å². The van der Waals surface area contributed by atoms with Crippen molar-refractivity contribution < 1.29 is 9.90 Å². The number of carboxylic acid groups (broad SMARTS) is 1. The summed E-state index contributed by atoms with van der Waals surface area (Å²) in [5.74, 6) is -0.669. The van der Waals surface area contributed by atoms with Gasteiger partial charge in [0.1, 0.15) is 5.54 Å². The van der Waals surface area contributed by atoms with E-state index in [0.29, 0.717) is 5.41 Å². The van der Waals surface area contributed by atoms with Gasteiger partial charge in [0.2, 0.25) is 0 Å².